The highest BCUT2D eigenvalue weighted by atomic mass is 16.5. The average Bonchev–Trinajstić information content (AvgIpc) is 2.96. The lowest BCUT2D eigenvalue weighted by molar-refractivity contribution is -0.136. The van der Waals surface area contributed by atoms with E-state index in [1.54, 1.807) is 18.0 Å². The molecule has 1 amide bonds. The summed E-state index contributed by atoms with van der Waals surface area (Å²) in [6.07, 6.45) is 2.60. The average molecular weight is 374 g/mol. The van der Waals surface area contributed by atoms with Crippen LogP contribution < -0.4 is 0 Å². The van der Waals surface area contributed by atoms with Gasteiger partial charge in [-0.15, -0.1) is 0 Å². The minimum absolute atomic E-state index is 0.0394. The van der Waals surface area contributed by atoms with Crippen molar-refractivity contribution >= 4 is 28.4 Å². The van der Waals surface area contributed by atoms with Crippen LogP contribution in [0.1, 0.15) is 23.7 Å². The number of benzene rings is 2. The number of aromatic amines is 1. The summed E-state index contributed by atoms with van der Waals surface area (Å²) in [6.45, 7) is 2.58. The van der Waals surface area contributed by atoms with Gasteiger partial charge in [0.1, 0.15) is 0 Å². The maximum atomic E-state index is 12.9. The molecule has 28 heavy (non-hydrogen) atoms. The summed E-state index contributed by atoms with van der Waals surface area (Å²) in [5.41, 5.74) is 4.12. The molecule has 1 aliphatic heterocycles. The second kappa shape index (κ2) is 7.72. The standard InChI is InChI=1S/C23H22N2O3/c1-2-28-23(27)19-15-25(21(26)14-16-8-4-3-5-9-16)13-12-18-17-10-6-7-11-20(17)24-22(18)19/h3-11,15,24H,2,12-14H2,1H3. The molecule has 1 aliphatic rings. The molecule has 0 fully saturated rings. The van der Waals surface area contributed by atoms with Crippen molar-refractivity contribution in [2.75, 3.05) is 13.2 Å². The van der Waals surface area contributed by atoms with Crippen molar-refractivity contribution < 1.29 is 14.3 Å². The molecule has 0 aliphatic carbocycles. The highest BCUT2D eigenvalue weighted by Crippen LogP contribution is 2.31. The molecule has 1 aromatic heterocycles. The van der Waals surface area contributed by atoms with Crippen LogP contribution in [-0.4, -0.2) is 34.9 Å². The third kappa shape index (κ3) is 3.43. The first-order chi connectivity index (χ1) is 13.7. The number of esters is 1. The number of fused-ring (bicyclic) bond motifs is 3. The van der Waals surface area contributed by atoms with Gasteiger partial charge in [0.2, 0.25) is 5.91 Å². The molecule has 0 radical (unpaired) electrons. The highest BCUT2D eigenvalue weighted by Gasteiger charge is 2.27. The zero-order valence-corrected chi connectivity index (χ0v) is 15.8. The van der Waals surface area contributed by atoms with Gasteiger partial charge in [0.05, 0.1) is 24.3 Å². The van der Waals surface area contributed by atoms with Crippen LogP contribution in [0, 0.1) is 0 Å². The van der Waals surface area contributed by atoms with Crippen molar-refractivity contribution in [3.8, 4) is 0 Å². The number of amides is 1. The second-order valence-corrected chi connectivity index (χ2v) is 6.79. The fourth-order valence-corrected chi connectivity index (χ4v) is 3.64. The first-order valence-electron chi connectivity index (χ1n) is 9.49. The summed E-state index contributed by atoms with van der Waals surface area (Å²) < 4.78 is 5.27. The molecule has 0 unspecified atom stereocenters. The molecule has 5 nitrogen and oxygen atoms in total. The molecule has 0 bridgehead atoms. The summed E-state index contributed by atoms with van der Waals surface area (Å²) in [7, 11) is 0. The first-order valence-corrected chi connectivity index (χ1v) is 9.49. The number of nitrogens with one attached hydrogen (secondary N) is 1. The quantitative estimate of drug-likeness (QED) is 0.709. The van der Waals surface area contributed by atoms with Gasteiger partial charge in [-0.05, 0) is 30.5 Å². The fraction of sp³-hybridized carbons (Fsp3) is 0.217. The van der Waals surface area contributed by atoms with Crippen LogP contribution in [-0.2, 0) is 27.2 Å². The Balaban J connectivity index is 1.72. The highest BCUT2D eigenvalue weighted by molar-refractivity contribution is 6.18. The molecular weight excluding hydrogens is 352 g/mol. The SMILES string of the molecule is CCOC(=O)C1=CN(C(=O)Cc2ccccc2)CCc2c1[nH]c1ccccc21. The van der Waals surface area contributed by atoms with E-state index in [1.165, 1.54) is 0 Å². The maximum Gasteiger partial charge on any atom is 0.341 e. The fourth-order valence-electron chi connectivity index (χ4n) is 3.64. The van der Waals surface area contributed by atoms with E-state index in [-0.39, 0.29) is 12.5 Å². The Bertz CT molecular complexity index is 1050. The largest absolute Gasteiger partial charge is 0.462 e. The van der Waals surface area contributed by atoms with Crippen molar-refractivity contribution in [3.63, 3.8) is 0 Å². The minimum Gasteiger partial charge on any atom is -0.462 e. The van der Waals surface area contributed by atoms with Crippen LogP contribution in [0.4, 0.5) is 0 Å². The van der Waals surface area contributed by atoms with Gasteiger partial charge in [-0.25, -0.2) is 4.79 Å². The number of nitrogens with zero attached hydrogens (tertiary/aromatic N) is 1. The topological polar surface area (TPSA) is 62.4 Å². The summed E-state index contributed by atoms with van der Waals surface area (Å²) in [6, 6.07) is 17.6. The van der Waals surface area contributed by atoms with E-state index in [4.69, 9.17) is 4.74 Å². The summed E-state index contributed by atoms with van der Waals surface area (Å²) >= 11 is 0. The molecule has 0 spiro atoms. The van der Waals surface area contributed by atoms with E-state index in [2.05, 4.69) is 4.98 Å². The minimum atomic E-state index is -0.422. The van der Waals surface area contributed by atoms with Gasteiger partial charge in [0.25, 0.3) is 0 Å². The smallest absolute Gasteiger partial charge is 0.341 e. The molecule has 5 heteroatoms. The van der Waals surface area contributed by atoms with Crippen LogP contribution >= 0.6 is 0 Å². The molecule has 0 saturated carbocycles. The molecule has 0 saturated heterocycles. The van der Waals surface area contributed by atoms with Crippen molar-refractivity contribution in [1.29, 1.82) is 0 Å². The molecule has 0 atom stereocenters. The maximum absolute atomic E-state index is 12.9. The van der Waals surface area contributed by atoms with Crippen molar-refractivity contribution in [3.05, 3.63) is 77.6 Å². The van der Waals surface area contributed by atoms with Gasteiger partial charge in [0, 0.05) is 23.6 Å². The molecule has 142 valence electrons. The predicted octanol–water partition coefficient (Wildman–Crippen LogP) is 3.70. The number of para-hydroxylation sites is 1. The number of carbonyl (C=O) groups excluding carboxylic acids is 2. The summed E-state index contributed by atoms with van der Waals surface area (Å²) in [5.74, 6) is -0.461. The third-order valence-corrected chi connectivity index (χ3v) is 4.98. The number of ether oxygens (including phenoxy) is 1. The van der Waals surface area contributed by atoms with E-state index < -0.39 is 5.97 Å². The van der Waals surface area contributed by atoms with Gasteiger partial charge in [-0.2, -0.15) is 0 Å². The summed E-state index contributed by atoms with van der Waals surface area (Å²) in [4.78, 5) is 30.6. The van der Waals surface area contributed by atoms with Gasteiger partial charge in [0.15, 0.2) is 0 Å². The molecule has 4 rings (SSSR count). The Hall–Kier alpha value is -3.34. The summed E-state index contributed by atoms with van der Waals surface area (Å²) in [5, 5.41) is 1.07. The van der Waals surface area contributed by atoms with Crippen LogP contribution in [0.15, 0.2) is 60.8 Å². The third-order valence-electron chi connectivity index (χ3n) is 4.98. The van der Waals surface area contributed by atoms with Gasteiger partial charge >= 0.3 is 5.97 Å². The molecule has 3 aromatic rings. The van der Waals surface area contributed by atoms with Crippen molar-refractivity contribution in [2.45, 2.75) is 19.8 Å². The van der Waals surface area contributed by atoms with Crippen LogP contribution in [0.25, 0.3) is 16.5 Å². The zero-order valence-electron chi connectivity index (χ0n) is 15.8. The lowest BCUT2D eigenvalue weighted by Crippen LogP contribution is -2.29. The van der Waals surface area contributed by atoms with Crippen LogP contribution in [0.5, 0.6) is 0 Å². The zero-order chi connectivity index (χ0) is 19.5. The molecule has 2 aromatic carbocycles. The van der Waals surface area contributed by atoms with E-state index >= 15 is 0 Å². The van der Waals surface area contributed by atoms with Gasteiger partial charge in [-0.1, -0.05) is 48.5 Å². The van der Waals surface area contributed by atoms with Crippen molar-refractivity contribution in [1.82, 2.24) is 9.88 Å². The van der Waals surface area contributed by atoms with Crippen molar-refractivity contribution in [2.24, 2.45) is 0 Å². The van der Waals surface area contributed by atoms with E-state index in [9.17, 15) is 9.59 Å². The number of rotatable bonds is 4. The Labute approximate surface area is 163 Å². The normalized spacial score (nSPS) is 13.6. The second-order valence-electron chi connectivity index (χ2n) is 6.79. The Morgan fingerprint density at radius 1 is 1.07 bits per heavy atom. The van der Waals surface area contributed by atoms with E-state index in [1.807, 2.05) is 54.6 Å². The van der Waals surface area contributed by atoms with E-state index in [0.717, 1.165) is 27.7 Å². The first kappa shape index (κ1) is 18.0. The lowest BCUT2D eigenvalue weighted by atomic mass is 10.0. The Morgan fingerprint density at radius 2 is 1.82 bits per heavy atom. The van der Waals surface area contributed by atoms with Crippen LogP contribution in [0.3, 0.4) is 0 Å². The monoisotopic (exact) mass is 374 g/mol. The van der Waals surface area contributed by atoms with Gasteiger partial charge < -0.3 is 14.6 Å². The Kier molecular flexibility index (Phi) is 4.98. The van der Waals surface area contributed by atoms with Gasteiger partial charge in [-0.3, -0.25) is 4.79 Å². The molecular formula is C23H22N2O3. The molecule has 1 N–H and O–H groups in total. The Morgan fingerprint density at radius 3 is 2.61 bits per heavy atom. The number of carbonyl (C=O) groups is 2. The number of hydrogen-bond acceptors (Lipinski definition) is 3. The molecule has 2 heterocycles. The number of H-pyrrole nitrogens is 1. The number of hydrogen-bond donors (Lipinski definition) is 1. The lowest BCUT2D eigenvalue weighted by Gasteiger charge is -2.18. The predicted molar refractivity (Wildman–Crippen MR) is 108 cm³/mol. The van der Waals surface area contributed by atoms with E-state index in [0.29, 0.717) is 25.0 Å². The van der Waals surface area contributed by atoms with Crippen LogP contribution in [0.2, 0.25) is 0 Å². The number of aromatic nitrogens is 1.